The van der Waals surface area contributed by atoms with E-state index in [0.717, 1.165) is 11.8 Å². The van der Waals surface area contributed by atoms with E-state index in [1.54, 1.807) is 0 Å². The standard InChI is InChI=1S/C12H20/c1-3-5-11-7-9-12(6-4-2)10-8-11/h7-12H,3-6H2,1-2H3. The predicted octanol–water partition coefficient (Wildman–Crippen LogP) is 3.95. The van der Waals surface area contributed by atoms with Crippen LogP contribution in [0.25, 0.3) is 0 Å². The van der Waals surface area contributed by atoms with Crippen molar-refractivity contribution in [2.75, 3.05) is 0 Å². The molecule has 0 aliphatic heterocycles. The second kappa shape index (κ2) is 5.18. The van der Waals surface area contributed by atoms with Crippen molar-refractivity contribution in [3.63, 3.8) is 0 Å². The van der Waals surface area contributed by atoms with Crippen molar-refractivity contribution >= 4 is 0 Å². The average Bonchev–Trinajstić information content (AvgIpc) is 2.09. The van der Waals surface area contributed by atoms with E-state index >= 15 is 0 Å². The van der Waals surface area contributed by atoms with Crippen LogP contribution in [0.4, 0.5) is 0 Å². The van der Waals surface area contributed by atoms with Crippen LogP contribution in [0.15, 0.2) is 24.3 Å². The molecule has 0 heteroatoms. The van der Waals surface area contributed by atoms with Crippen molar-refractivity contribution in [3.05, 3.63) is 24.3 Å². The fraction of sp³-hybridized carbons (Fsp3) is 0.667. The van der Waals surface area contributed by atoms with E-state index in [2.05, 4.69) is 38.2 Å². The van der Waals surface area contributed by atoms with Crippen molar-refractivity contribution in [1.82, 2.24) is 0 Å². The summed E-state index contributed by atoms with van der Waals surface area (Å²) in [4.78, 5) is 0. The van der Waals surface area contributed by atoms with Gasteiger partial charge in [-0.3, -0.25) is 0 Å². The smallest absolute Gasteiger partial charge is 0.00532 e. The number of hydrogen-bond donors (Lipinski definition) is 0. The summed E-state index contributed by atoms with van der Waals surface area (Å²) in [5.41, 5.74) is 0. The summed E-state index contributed by atoms with van der Waals surface area (Å²) in [5, 5.41) is 0. The maximum Gasteiger partial charge on any atom is -0.00532 e. The maximum atomic E-state index is 2.38. The molecule has 0 aromatic carbocycles. The maximum absolute atomic E-state index is 2.38. The number of allylic oxidation sites excluding steroid dienone is 4. The van der Waals surface area contributed by atoms with Gasteiger partial charge in [0.15, 0.2) is 0 Å². The third-order valence-corrected chi connectivity index (χ3v) is 2.46. The Kier molecular flexibility index (Phi) is 4.13. The highest BCUT2D eigenvalue weighted by atomic mass is 14.1. The quantitative estimate of drug-likeness (QED) is 0.552. The van der Waals surface area contributed by atoms with Gasteiger partial charge in [-0.2, -0.15) is 0 Å². The Morgan fingerprint density at radius 3 is 1.33 bits per heavy atom. The minimum atomic E-state index is 0.725. The van der Waals surface area contributed by atoms with E-state index in [4.69, 9.17) is 0 Å². The lowest BCUT2D eigenvalue weighted by Gasteiger charge is -2.15. The SMILES string of the molecule is CCCC1C=CC(CCC)C=C1. The van der Waals surface area contributed by atoms with Gasteiger partial charge in [-0.15, -0.1) is 0 Å². The highest BCUT2D eigenvalue weighted by molar-refractivity contribution is 5.12. The molecule has 1 aliphatic rings. The molecule has 68 valence electrons. The Hall–Kier alpha value is -0.520. The summed E-state index contributed by atoms with van der Waals surface area (Å²) in [6, 6.07) is 0. The lowest BCUT2D eigenvalue weighted by molar-refractivity contribution is 0.630. The Balaban J connectivity index is 2.32. The molecule has 0 amide bonds. The molecule has 0 atom stereocenters. The van der Waals surface area contributed by atoms with Gasteiger partial charge in [0, 0.05) is 0 Å². The zero-order valence-electron chi connectivity index (χ0n) is 8.29. The summed E-state index contributed by atoms with van der Waals surface area (Å²) in [5.74, 6) is 1.45. The minimum Gasteiger partial charge on any atom is -0.0810 e. The highest BCUT2D eigenvalue weighted by Crippen LogP contribution is 2.21. The Bertz CT molecular complexity index is 133. The second-order valence-electron chi connectivity index (χ2n) is 3.67. The van der Waals surface area contributed by atoms with Gasteiger partial charge >= 0.3 is 0 Å². The van der Waals surface area contributed by atoms with Crippen LogP contribution in [-0.2, 0) is 0 Å². The molecule has 0 bridgehead atoms. The lowest BCUT2D eigenvalue weighted by Crippen LogP contribution is -2.01. The molecule has 0 unspecified atom stereocenters. The molecular formula is C12H20. The van der Waals surface area contributed by atoms with Crippen molar-refractivity contribution in [3.8, 4) is 0 Å². The van der Waals surface area contributed by atoms with Crippen LogP contribution < -0.4 is 0 Å². The molecule has 0 aromatic heterocycles. The number of rotatable bonds is 4. The van der Waals surface area contributed by atoms with Gasteiger partial charge in [0.25, 0.3) is 0 Å². The summed E-state index contributed by atoms with van der Waals surface area (Å²) in [6.45, 7) is 4.50. The normalized spacial score (nSPS) is 27.8. The molecule has 0 aromatic rings. The van der Waals surface area contributed by atoms with Crippen molar-refractivity contribution in [2.45, 2.75) is 39.5 Å². The van der Waals surface area contributed by atoms with E-state index in [1.165, 1.54) is 25.7 Å². The third kappa shape index (κ3) is 2.84. The molecule has 1 aliphatic carbocycles. The van der Waals surface area contributed by atoms with Crippen LogP contribution in [0.2, 0.25) is 0 Å². The first-order valence-electron chi connectivity index (χ1n) is 5.23. The first-order valence-corrected chi connectivity index (χ1v) is 5.23. The van der Waals surface area contributed by atoms with E-state index in [0.29, 0.717) is 0 Å². The van der Waals surface area contributed by atoms with E-state index in [1.807, 2.05) is 0 Å². The van der Waals surface area contributed by atoms with Gasteiger partial charge in [0.1, 0.15) is 0 Å². The summed E-state index contributed by atoms with van der Waals surface area (Å²) < 4.78 is 0. The molecule has 0 N–H and O–H groups in total. The fourth-order valence-electron chi connectivity index (χ4n) is 1.75. The molecule has 0 heterocycles. The molecule has 0 radical (unpaired) electrons. The van der Waals surface area contributed by atoms with Gasteiger partial charge < -0.3 is 0 Å². The second-order valence-corrected chi connectivity index (χ2v) is 3.67. The van der Waals surface area contributed by atoms with E-state index in [9.17, 15) is 0 Å². The lowest BCUT2D eigenvalue weighted by atomic mass is 9.91. The van der Waals surface area contributed by atoms with Gasteiger partial charge in [-0.05, 0) is 24.7 Å². The number of hydrogen-bond acceptors (Lipinski definition) is 0. The molecule has 1 rings (SSSR count). The monoisotopic (exact) mass is 164 g/mol. The minimum absolute atomic E-state index is 0.725. The van der Waals surface area contributed by atoms with E-state index in [-0.39, 0.29) is 0 Å². The van der Waals surface area contributed by atoms with Crippen molar-refractivity contribution < 1.29 is 0 Å². The predicted molar refractivity (Wildman–Crippen MR) is 55.1 cm³/mol. The van der Waals surface area contributed by atoms with Gasteiger partial charge in [0.05, 0.1) is 0 Å². The van der Waals surface area contributed by atoms with Crippen LogP contribution in [0.3, 0.4) is 0 Å². The molecular weight excluding hydrogens is 144 g/mol. The van der Waals surface area contributed by atoms with Crippen LogP contribution in [-0.4, -0.2) is 0 Å². The van der Waals surface area contributed by atoms with Crippen LogP contribution in [0.1, 0.15) is 39.5 Å². The van der Waals surface area contributed by atoms with Gasteiger partial charge in [-0.1, -0.05) is 51.0 Å². The zero-order valence-corrected chi connectivity index (χ0v) is 8.29. The van der Waals surface area contributed by atoms with Crippen molar-refractivity contribution in [2.24, 2.45) is 11.8 Å². The third-order valence-electron chi connectivity index (χ3n) is 2.46. The molecule has 0 fully saturated rings. The van der Waals surface area contributed by atoms with Gasteiger partial charge in [0.2, 0.25) is 0 Å². The Labute approximate surface area is 76.4 Å². The van der Waals surface area contributed by atoms with Crippen molar-refractivity contribution in [1.29, 1.82) is 0 Å². The topological polar surface area (TPSA) is 0 Å². The van der Waals surface area contributed by atoms with Crippen LogP contribution >= 0.6 is 0 Å². The summed E-state index contributed by atoms with van der Waals surface area (Å²) in [6.07, 6.45) is 14.7. The van der Waals surface area contributed by atoms with Gasteiger partial charge in [-0.25, -0.2) is 0 Å². The Morgan fingerprint density at radius 1 is 0.750 bits per heavy atom. The molecule has 0 saturated carbocycles. The average molecular weight is 164 g/mol. The molecule has 12 heavy (non-hydrogen) atoms. The first kappa shape index (κ1) is 9.57. The van der Waals surface area contributed by atoms with Crippen LogP contribution in [0, 0.1) is 11.8 Å². The molecule has 0 nitrogen and oxygen atoms in total. The van der Waals surface area contributed by atoms with E-state index < -0.39 is 0 Å². The summed E-state index contributed by atoms with van der Waals surface area (Å²) >= 11 is 0. The highest BCUT2D eigenvalue weighted by Gasteiger charge is 2.07. The molecule has 0 spiro atoms. The fourth-order valence-corrected chi connectivity index (χ4v) is 1.75. The molecule has 0 saturated heterocycles. The largest absolute Gasteiger partial charge is 0.0810 e. The first-order chi connectivity index (χ1) is 5.86. The Morgan fingerprint density at radius 2 is 1.08 bits per heavy atom. The summed E-state index contributed by atoms with van der Waals surface area (Å²) in [7, 11) is 0. The zero-order chi connectivity index (χ0) is 8.81. The van der Waals surface area contributed by atoms with Crippen LogP contribution in [0.5, 0.6) is 0 Å².